The average Bonchev–Trinajstić information content (AvgIpc) is 2.74. The molecule has 0 saturated carbocycles. The number of hydrogen-bond acceptors (Lipinski definition) is 2. The fourth-order valence-electron chi connectivity index (χ4n) is 3.10. The predicted molar refractivity (Wildman–Crippen MR) is 117 cm³/mol. The second-order valence-electron chi connectivity index (χ2n) is 6.18. The Kier molecular flexibility index (Phi) is 5.23. The van der Waals surface area contributed by atoms with Crippen LogP contribution in [0.4, 0.5) is 0 Å². The summed E-state index contributed by atoms with van der Waals surface area (Å²) in [6, 6.07) is 27.2. The molecule has 1 aromatic heterocycles. The average molecular weight is 484 g/mol. The van der Waals surface area contributed by atoms with Gasteiger partial charge in [0.25, 0.3) is 5.56 Å². The van der Waals surface area contributed by atoms with E-state index in [-0.39, 0.29) is 15.2 Å². The number of benzene rings is 3. The van der Waals surface area contributed by atoms with E-state index in [0.29, 0.717) is 16.7 Å². The number of halogens is 2. The SMILES string of the molecule is O=c1c2ccccc2nc(C(Br)C(Br)c2ccccc2)n1-c1ccccc1. The van der Waals surface area contributed by atoms with E-state index in [1.165, 1.54) is 0 Å². The summed E-state index contributed by atoms with van der Waals surface area (Å²) in [7, 11) is 0. The van der Waals surface area contributed by atoms with Gasteiger partial charge in [-0.15, -0.1) is 0 Å². The molecule has 134 valence electrons. The Labute approximate surface area is 174 Å². The molecule has 5 heteroatoms. The van der Waals surface area contributed by atoms with Gasteiger partial charge in [-0.05, 0) is 29.8 Å². The van der Waals surface area contributed by atoms with E-state index in [2.05, 4.69) is 44.0 Å². The van der Waals surface area contributed by atoms with Gasteiger partial charge in [0.1, 0.15) is 5.82 Å². The smallest absolute Gasteiger partial charge is 0.265 e. The molecule has 3 aromatic carbocycles. The van der Waals surface area contributed by atoms with E-state index in [0.717, 1.165) is 11.3 Å². The van der Waals surface area contributed by atoms with Crippen LogP contribution >= 0.6 is 31.9 Å². The number of fused-ring (bicyclic) bond motifs is 1. The van der Waals surface area contributed by atoms with E-state index < -0.39 is 0 Å². The van der Waals surface area contributed by atoms with Gasteiger partial charge in [-0.3, -0.25) is 9.36 Å². The Morgan fingerprint density at radius 2 is 1.33 bits per heavy atom. The molecule has 2 unspecified atom stereocenters. The minimum Gasteiger partial charge on any atom is -0.268 e. The minimum absolute atomic E-state index is 0.0401. The molecule has 2 atom stereocenters. The molecule has 0 radical (unpaired) electrons. The van der Waals surface area contributed by atoms with Gasteiger partial charge in [0.2, 0.25) is 0 Å². The van der Waals surface area contributed by atoms with Crippen LogP contribution in [0.5, 0.6) is 0 Å². The van der Waals surface area contributed by atoms with Crippen LogP contribution < -0.4 is 5.56 Å². The van der Waals surface area contributed by atoms with E-state index in [1.54, 1.807) is 4.57 Å². The highest BCUT2D eigenvalue weighted by molar-refractivity contribution is 9.12. The maximum absolute atomic E-state index is 13.3. The monoisotopic (exact) mass is 482 g/mol. The molecular formula is C22H16Br2N2O. The zero-order chi connectivity index (χ0) is 18.8. The van der Waals surface area contributed by atoms with Gasteiger partial charge in [-0.1, -0.05) is 92.5 Å². The first kappa shape index (κ1) is 18.1. The molecule has 4 rings (SSSR count). The zero-order valence-electron chi connectivity index (χ0n) is 14.3. The van der Waals surface area contributed by atoms with Crippen LogP contribution in [0.15, 0.2) is 89.7 Å². The third-order valence-corrected chi connectivity index (χ3v) is 7.14. The van der Waals surface area contributed by atoms with E-state index >= 15 is 0 Å². The largest absolute Gasteiger partial charge is 0.268 e. The summed E-state index contributed by atoms with van der Waals surface area (Å²) in [5.41, 5.74) is 2.54. The zero-order valence-corrected chi connectivity index (χ0v) is 17.5. The first-order chi connectivity index (χ1) is 13.2. The summed E-state index contributed by atoms with van der Waals surface area (Å²) in [5.74, 6) is 0.663. The van der Waals surface area contributed by atoms with Gasteiger partial charge >= 0.3 is 0 Å². The van der Waals surface area contributed by atoms with Gasteiger partial charge in [0, 0.05) is 0 Å². The fourth-order valence-corrected chi connectivity index (χ4v) is 4.25. The topological polar surface area (TPSA) is 34.9 Å². The molecule has 0 N–H and O–H groups in total. The normalized spacial score (nSPS) is 13.4. The lowest BCUT2D eigenvalue weighted by atomic mass is 10.1. The van der Waals surface area contributed by atoms with Gasteiger partial charge in [-0.2, -0.15) is 0 Å². The van der Waals surface area contributed by atoms with Gasteiger partial charge < -0.3 is 0 Å². The molecule has 0 aliphatic carbocycles. The molecule has 3 nitrogen and oxygen atoms in total. The van der Waals surface area contributed by atoms with Gasteiger partial charge in [0.15, 0.2) is 0 Å². The summed E-state index contributed by atoms with van der Waals surface area (Å²) < 4.78 is 1.69. The quantitative estimate of drug-likeness (QED) is 0.336. The van der Waals surface area contributed by atoms with Crippen LogP contribution in [0.1, 0.15) is 21.0 Å². The first-order valence-corrected chi connectivity index (χ1v) is 10.4. The van der Waals surface area contributed by atoms with Crippen molar-refractivity contribution in [2.24, 2.45) is 0 Å². The van der Waals surface area contributed by atoms with Crippen molar-refractivity contribution in [3.05, 3.63) is 107 Å². The fraction of sp³-hybridized carbons (Fsp3) is 0.0909. The Hall–Kier alpha value is -2.24. The van der Waals surface area contributed by atoms with E-state index in [1.807, 2.05) is 72.8 Å². The third kappa shape index (κ3) is 3.49. The number of alkyl halides is 2. The molecule has 0 amide bonds. The highest BCUT2D eigenvalue weighted by Crippen LogP contribution is 2.41. The second kappa shape index (κ2) is 7.79. The molecular weight excluding hydrogens is 468 g/mol. The molecule has 0 aliphatic heterocycles. The van der Waals surface area contributed by atoms with Crippen LogP contribution in [0.25, 0.3) is 16.6 Å². The van der Waals surface area contributed by atoms with Crippen molar-refractivity contribution >= 4 is 42.8 Å². The third-order valence-electron chi connectivity index (χ3n) is 4.44. The van der Waals surface area contributed by atoms with Crippen molar-refractivity contribution in [3.63, 3.8) is 0 Å². The molecule has 1 heterocycles. The molecule has 0 fully saturated rings. The van der Waals surface area contributed by atoms with Gasteiger partial charge in [-0.25, -0.2) is 4.98 Å². The van der Waals surface area contributed by atoms with Crippen molar-refractivity contribution < 1.29 is 0 Å². The maximum Gasteiger partial charge on any atom is 0.265 e. The standard InChI is InChI=1S/C22H16Br2N2O/c23-19(15-9-3-1-4-10-15)20(24)21-25-18-14-8-7-13-17(18)22(27)26(21)16-11-5-2-6-12-16/h1-14,19-20H. The van der Waals surface area contributed by atoms with Crippen LogP contribution in [-0.2, 0) is 0 Å². The van der Waals surface area contributed by atoms with Crippen molar-refractivity contribution in [2.45, 2.75) is 9.65 Å². The molecule has 0 aliphatic rings. The first-order valence-electron chi connectivity index (χ1n) is 8.57. The van der Waals surface area contributed by atoms with E-state index in [4.69, 9.17) is 4.98 Å². The Balaban J connectivity index is 1.95. The summed E-state index contributed by atoms with van der Waals surface area (Å²) in [6.45, 7) is 0. The van der Waals surface area contributed by atoms with E-state index in [9.17, 15) is 4.79 Å². The summed E-state index contributed by atoms with van der Waals surface area (Å²) in [5, 5.41) is 0.607. The number of para-hydroxylation sites is 2. The highest BCUT2D eigenvalue weighted by atomic mass is 79.9. The van der Waals surface area contributed by atoms with Crippen LogP contribution in [0.2, 0.25) is 0 Å². The lowest BCUT2D eigenvalue weighted by Gasteiger charge is -2.21. The number of rotatable bonds is 4. The predicted octanol–water partition coefficient (Wildman–Crippen LogP) is 5.96. The molecule has 0 saturated heterocycles. The van der Waals surface area contributed by atoms with Crippen molar-refractivity contribution in [3.8, 4) is 5.69 Å². The summed E-state index contributed by atoms with van der Waals surface area (Å²) in [4.78, 5) is 17.9. The van der Waals surface area contributed by atoms with Crippen LogP contribution in [-0.4, -0.2) is 9.55 Å². The van der Waals surface area contributed by atoms with Crippen molar-refractivity contribution in [1.29, 1.82) is 0 Å². The van der Waals surface area contributed by atoms with Crippen molar-refractivity contribution in [1.82, 2.24) is 9.55 Å². The summed E-state index contributed by atoms with van der Waals surface area (Å²) >= 11 is 7.57. The maximum atomic E-state index is 13.3. The lowest BCUT2D eigenvalue weighted by Crippen LogP contribution is -2.25. The number of nitrogens with zero attached hydrogens (tertiary/aromatic N) is 2. The van der Waals surface area contributed by atoms with Gasteiger partial charge in [0.05, 0.1) is 26.2 Å². The minimum atomic E-state index is -0.197. The van der Waals surface area contributed by atoms with Crippen molar-refractivity contribution in [2.75, 3.05) is 0 Å². The molecule has 0 bridgehead atoms. The number of hydrogen-bond donors (Lipinski definition) is 0. The summed E-state index contributed by atoms with van der Waals surface area (Å²) in [6.07, 6.45) is 0. The second-order valence-corrected chi connectivity index (χ2v) is 8.15. The molecule has 27 heavy (non-hydrogen) atoms. The van der Waals surface area contributed by atoms with Crippen LogP contribution in [0, 0.1) is 0 Å². The Morgan fingerprint density at radius 1 is 0.741 bits per heavy atom. The lowest BCUT2D eigenvalue weighted by molar-refractivity contribution is 0.779. The molecule has 4 aromatic rings. The molecule has 0 spiro atoms. The van der Waals surface area contributed by atoms with Crippen LogP contribution in [0.3, 0.4) is 0 Å². The number of aromatic nitrogens is 2. The highest BCUT2D eigenvalue weighted by Gasteiger charge is 2.26. The Morgan fingerprint density at radius 3 is 2.04 bits per heavy atom. The Bertz CT molecular complexity index is 1130.